The monoisotopic (exact) mass is 77.1 g/mol. The zero-order chi connectivity index (χ0) is 6.28. The first-order valence-corrected chi connectivity index (χ1v) is 1.39. The molecule has 2 heteroatoms. The SMILES string of the molecule is CN(C)C=O.[2H][2H]. The van der Waals surface area contributed by atoms with Crippen molar-refractivity contribution in [3.05, 3.63) is 0 Å². The average molecular weight is 77.1 g/mol. The predicted octanol–water partition coefficient (Wildman–Crippen LogP) is -0.0496. The standard InChI is InChI=1S/C3H7NO.H2/c1-4(2)3-5;/h3H,1-2H3;1H/i;1+1D. The summed E-state index contributed by atoms with van der Waals surface area (Å²) in [6.45, 7) is 0. The van der Waals surface area contributed by atoms with Crippen molar-refractivity contribution >= 4 is 6.41 Å². The van der Waals surface area contributed by atoms with Crippen molar-refractivity contribution in [1.82, 2.24) is 4.90 Å². The first kappa shape index (κ1) is 2.69. The molecule has 0 saturated heterocycles. The molecule has 0 aliphatic heterocycles. The van der Waals surface area contributed by atoms with Crippen molar-refractivity contribution in [1.29, 1.82) is 0 Å². The highest BCUT2D eigenvalue weighted by atomic mass is 16.1. The molecule has 0 fully saturated rings. The summed E-state index contributed by atoms with van der Waals surface area (Å²) in [6, 6.07) is 0. The van der Waals surface area contributed by atoms with Crippen LogP contribution in [0.2, 0.25) is 0 Å². The Morgan fingerprint density at radius 2 is 2.20 bits per heavy atom. The molecule has 0 saturated carbocycles. The molecule has 32 valence electrons. The highest BCUT2D eigenvalue weighted by molar-refractivity contribution is 5.45. The van der Waals surface area contributed by atoms with E-state index in [-0.39, 0.29) is 0 Å². The molecule has 2 nitrogen and oxygen atoms in total. The van der Waals surface area contributed by atoms with Gasteiger partial charge >= 0.3 is 0 Å². The molecule has 0 atom stereocenters. The summed E-state index contributed by atoms with van der Waals surface area (Å²) in [6.07, 6.45) is 0.750. The minimum absolute atomic E-state index is 0.750. The maximum Gasteiger partial charge on any atom is 0.209 e. The Morgan fingerprint density at radius 3 is 2.20 bits per heavy atom. The molecule has 0 aliphatic rings. The van der Waals surface area contributed by atoms with E-state index in [1.165, 1.54) is 4.90 Å². The van der Waals surface area contributed by atoms with Gasteiger partial charge < -0.3 is 4.90 Å². The van der Waals surface area contributed by atoms with Crippen LogP contribution in [0.5, 0.6) is 0 Å². The van der Waals surface area contributed by atoms with E-state index in [4.69, 9.17) is 2.97 Å². The van der Waals surface area contributed by atoms with Crippen LogP contribution in [0.15, 0.2) is 0 Å². The second kappa shape index (κ2) is 1.76. The Hall–Kier alpha value is -0.530. The highest BCUT2D eigenvalue weighted by Crippen LogP contribution is 1.52. The number of amides is 1. The van der Waals surface area contributed by atoms with Crippen LogP contribution < -0.4 is 0 Å². The van der Waals surface area contributed by atoms with Gasteiger partial charge in [0.1, 0.15) is 0 Å². The van der Waals surface area contributed by atoms with Crippen molar-refractivity contribution in [3.63, 3.8) is 0 Å². The van der Waals surface area contributed by atoms with Gasteiger partial charge in [0.05, 0.1) is 0 Å². The number of rotatable bonds is 1. The molecule has 0 unspecified atom stereocenters. The topological polar surface area (TPSA) is 20.3 Å². The van der Waals surface area contributed by atoms with E-state index < -0.39 is 0 Å². The maximum atomic E-state index is 9.43. The van der Waals surface area contributed by atoms with Crippen LogP contribution in [0.3, 0.4) is 0 Å². The molecular formula is C3H9NO. The maximum absolute atomic E-state index is 9.43. The Bertz CT molecular complexity index is 39.9. The molecule has 0 aromatic heterocycles. The minimum atomic E-state index is 0.750. The summed E-state index contributed by atoms with van der Waals surface area (Å²) in [5.74, 6) is 0. The van der Waals surface area contributed by atoms with Gasteiger partial charge in [-0.05, 0) is 0 Å². The Kier molecular flexibility index (Phi) is 0.947. The molecule has 0 rings (SSSR count). The number of hydrogen-bond donors (Lipinski definition) is 0. The third kappa shape index (κ3) is 3.47. The van der Waals surface area contributed by atoms with E-state index in [0.29, 0.717) is 0 Å². The molecule has 0 spiro atoms. The molecule has 0 aromatic carbocycles. The first-order chi connectivity index (χ1) is 3.27. The number of hydrogen-bond acceptors (Lipinski definition) is 1. The van der Waals surface area contributed by atoms with Crippen molar-refractivity contribution in [3.8, 4) is 0 Å². The van der Waals surface area contributed by atoms with Crippen molar-refractivity contribution in [2.45, 2.75) is 0 Å². The quantitative estimate of drug-likeness (QED) is 0.402. The van der Waals surface area contributed by atoms with Gasteiger partial charge in [0.25, 0.3) is 0 Å². The first-order valence-electron chi connectivity index (χ1n) is 2.39. The van der Waals surface area contributed by atoms with Crippen molar-refractivity contribution < 1.29 is 7.76 Å². The van der Waals surface area contributed by atoms with Gasteiger partial charge in [-0.1, -0.05) is 0 Å². The molecular weight excluding hydrogens is 66.0 g/mol. The zero-order valence-electron chi connectivity index (χ0n) is 5.43. The van der Waals surface area contributed by atoms with Gasteiger partial charge in [-0.15, -0.1) is 0 Å². The van der Waals surface area contributed by atoms with E-state index >= 15 is 0 Å². The van der Waals surface area contributed by atoms with Crippen molar-refractivity contribution in [2.75, 3.05) is 14.1 Å². The third-order valence-electron chi connectivity index (χ3n) is 0.211. The van der Waals surface area contributed by atoms with Crippen LogP contribution in [-0.2, 0) is 4.79 Å². The fourth-order valence-corrected chi connectivity index (χ4v) is 0. The van der Waals surface area contributed by atoms with Crippen LogP contribution in [0, 0.1) is 0 Å². The second-order valence-corrected chi connectivity index (χ2v) is 1.07. The third-order valence-corrected chi connectivity index (χ3v) is 0.211. The smallest absolute Gasteiger partial charge is 0.209 e. The van der Waals surface area contributed by atoms with E-state index in [2.05, 4.69) is 0 Å². The molecule has 1 amide bonds. The normalized spacial score (nSPS) is 8.40. The van der Waals surface area contributed by atoms with Gasteiger partial charge in [0.15, 0.2) is 0 Å². The lowest BCUT2D eigenvalue weighted by Crippen LogP contribution is -2.06. The molecule has 0 aromatic rings. The molecule has 5 heavy (non-hydrogen) atoms. The van der Waals surface area contributed by atoms with Crippen LogP contribution in [0.4, 0.5) is 0 Å². The van der Waals surface area contributed by atoms with Gasteiger partial charge in [-0.3, -0.25) is 4.79 Å². The largest absolute Gasteiger partial charge is 0.351 e. The van der Waals surface area contributed by atoms with Crippen LogP contribution >= 0.6 is 0 Å². The lowest BCUT2D eigenvalue weighted by Gasteiger charge is -1.93. The summed E-state index contributed by atoms with van der Waals surface area (Å²) in [4.78, 5) is 10.9. The fraction of sp³-hybridized carbons (Fsp3) is 0.667. The van der Waals surface area contributed by atoms with Crippen LogP contribution in [-0.4, -0.2) is 25.4 Å². The lowest BCUT2D eigenvalue weighted by atomic mass is 11.0. The summed E-state index contributed by atoms with van der Waals surface area (Å²) in [5, 5.41) is 0. The molecule has 0 aliphatic carbocycles. The van der Waals surface area contributed by atoms with Crippen LogP contribution in [0.1, 0.15) is 2.97 Å². The molecule has 0 radical (unpaired) electrons. The average Bonchev–Trinajstić information content (AvgIpc) is 1.73. The van der Waals surface area contributed by atoms with Gasteiger partial charge in [-0.25, -0.2) is 0 Å². The summed E-state index contributed by atoms with van der Waals surface area (Å²) < 4.78 is 10.0. The van der Waals surface area contributed by atoms with E-state index in [1.54, 1.807) is 14.1 Å². The van der Waals surface area contributed by atoms with Crippen LogP contribution in [0.25, 0.3) is 0 Å². The van der Waals surface area contributed by atoms with Gasteiger partial charge in [0.2, 0.25) is 6.41 Å². The number of carbonyl (C=O) groups is 1. The van der Waals surface area contributed by atoms with E-state index in [1.807, 2.05) is 0 Å². The fourth-order valence-electron chi connectivity index (χ4n) is 0. The Morgan fingerprint density at radius 1 is 2.00 bits per heavy atom. The van der Waals surface area contributed by atoms with E-state index in [0.717, 1.165) is 6.41 Å². The summed E-state index contributed by atoms with van der Waals surface area (Å²) >= 11 is 0. The van der Waals surface area contributed by atoms with Gasteiger partial charge in [0, 0.05) is 17.1 Å². The van der Waals surface area contributed by atoms with Crippen molar-refractivity contribution in [2.24, 2.45) is 0 Å². The Labute approximate surface area is 34.5 Å². The molecule has 0 heterocycles. The number of nitrogens with zero attached hydrogens (tertiary/aromatic N) is 1. The zero-order valence-corrected chi connectivity index (χ0v) is 3.43. The lowest BCUT2D eigenvalue weighted by molar-refractivity contribution is -0.115. The summed E-state index contributed by atoms with van der Waals surface area (Å²) in [7, 11) is 3.38. The van der Waals surface area contributed by atoms with Gasteiger partial charge in [-0.2, -0.15) is 0 Å². The predicted molar refractivity (Wildman–Crippen MR) is 21.9 cm³/mol. The number of carbonyl (C=O) groups excluding carboxylic acids is 1. The summed E-state index contributed by atoms with van der Waals surface area (Å²) in [5.41, 5.74) is 0. The molecule has 0 N–H and O–H groups in total. The molecule has 0 bridgehead atoms. The Balaban J connectivity index is 0. The highest BCUT2D eigenvalue weighted by Gasteiger charge is 1.68. The van der Waals surface area contributed by atoms with E-state index in [9.17, 15) is 4.79 Å². The minimum Gasteiger partial charge on any atom is -0.351 e. The second-order valence-electron chi connectivity index (χ2n) is 1.07.